The maximum absolute atomic E-state index is 12.5. The molecule has 0 bridgehead atoms. The van der Waals surface area contributed by atoms with E-state index in [1.54, 1.807) is 6.07 Å². The molecule has 7 heteroatoms. The molecule has 0 radical (unpaired) electrons. The van der Waals surface area contributed by atoms with Crippen LogP contribution in [-0.4, -0.2) is 43.0 Å². The summed E-state index contributed by atoms with van der Waals surface area (Å²) in [4.78, 5) is 19.3. The summed E-state index contributed by atoms with van der Waals surface area (Å²) in [6.07, 6.45) is 0. The Bertz CT molecular complexity index is 928. The number of nitrogen functional groups attached to an aromatic ring is 1. The van der Waals surface area contributed by atoms with Crippen molar-refractivity contribution in [1.82, 2.24) is 15.2 Å². The van der Waals surface area contributed by atoms with E-state index < -0.39 is 0 Å². The normalized spacial score (nSPS) is 10.5. The molecule has 1 amide bonds. The minimum Gasteiger partial charge on any atom is -0.398 e. The summed E-state index contributed by atoms with van der Waals surface area (Å²) in [7, 11) is 3.95. The lowest BCUT2D eigenvalue weighted by Crippen LogP contribution is -2.31. The largest absolute Gasteiger partial charge is 0.398 e. The number of carbonyl (C=O) groups is 1. The van der Waals surface area contributed by atoms with E-state index in [0.29, 0.717) is 23.3 Å². The number of aromatic nitrogens is 1. The highest BCUT2D eigenvalue weighted by Gasteiger charge is 2.15. The van der Waals surface area contributed by atoms with Crippen molar-refractivity contribution in [3.05, 3.63) is 47.5 Å². The number of aryl methyl sites for hydroxylation is 1. The Hall–Kier alpha value is -2.08. The number of rotatable bonds is 4. The molecule has 5 nitrogen and oxygen atoms in total. The van der Waals surface area contributed by atoms with Crippen LogP contribution < -0.4 is 11.1 Å². The molecule has 3 N–H and O–H groups in total. The van der Waals surface area contributed by atoms with Gasteiger partial charge in [0, 0.05) is 23.9 Å². The Balaban J connectivity index is 0.00000169. The topological polar surface area (TPSA) is 71.2 Å². The van der Waals surface area contributed by atoms with Crippen molar-refractivity contribution < 1.29 is 4.79 Å². The fourth-order valence-corrected chi connectivity index (χ4v) is 2.90. The number of nitrogens with one attached hydrogen (secondary N) is 1. The zero-order valence-electron chi connectivity index (χ0n) is 15.1. The van der Waals surface area contributed by atoms with Gasteiger partial charge in [-0.05, 0) is 38.7 Å². The van der Waals surface area contributed by atoms with Crippen molar-refractivity contribution in [1.29, 1.82) is 0 Å². The number of benzene rings is 2. The van der Waals surface area contributed by atoms with Gasteiger partial charge in [0.25, 0.3) is 5.91 Å². The molecule has 1 aromatic heterocycles. The number of para-hydroxylation sites is 1. The standard InChI is InChI=1S/C19H22N4O.2ClH/c1-12-6-4-9-15-16(12)17(20)13-7-5-8-14(18(13)22-15)19(24)21-10-11-23(2)3;;/h4-9H,10-11H2,1-3H3,(H2,20,22)(H,21,24);2*1H. The third kappa shape index (κ3) is 4.18. The zero-order valence-corrected chi connectivity index (χ0v) is 16.7. The summed E-state index contributed by atoms with van der Waals surface area (Å²) < 4.78 is 0. The van der Waals surface area contributed by atoms with E-state index >= 15 is 0 Å². The molecule has 0 saturated heterocycles. The van der Waals surface area contributed by atoms with Gasteiger partial charge >= 0.3 is 0 Å². The molecular weight excluding hydrogens is 371 g/mol. The van der Waals surface area contributed by atoms with Crippen molar-refractivity contribution in [2.75, 3.05) is 32.9 Å². The van der Waals surface area contributed by atoms with Gasteiger partial charge in [0.2, 0.25) is 0 Å². The maximum atomic E-state index is 12.5. The van der Waals surface area contributed by atoms with Gasteiger partial charge in [0.15, 0.2) is 0 Å². The van der Waals surface area contributed by atoms with E-state index in [1.807, 2.05) is 56.3 Å². The smallest absolute Gasteiger partial charge is 0.253 e. The lowest BCUT2D eigenvalue weighted by Gasteiger charge is -2.13. The van der Waals surface area contributed by atoms with E-state index in [4.69, 9.17) is 10.7 Å². The highest BCUT2D eigenvalue weighted by atomic mass is 35.5. The predicted octanol–water partition coefficient (Wildman–Crippen LogP) is 3.41. The lowest BCUT2D eigenvalue weighted by molar-refractivity contribution is 0.0952. The van der Waals surface area contributed by atoms with E-state index in [1.165, 1.54) is 0 Å². The lowest BCUT2D eigenvalue weighted by atomic mass is 10.0. The number of nitrogens with two attached hydrogens (primary N) is 1. The van der Waals surface area contributed by atoms with Crippen LogP contribution in [0, 0.1) is 6.92 Å². The second-order valence-corrected chi connectivity index (χ2v) is 6.26. The molecule has 0 unspecified atom stereocenters. The SMILES string of the molecule is Cc1cccc2nc3c(C(=O)NCCN(C)C)cccc3c(N)c12.Cl.Cl. The van der Waals surface area contributed by atoms with Crippen LogP contribution in [-0.2, 0) is 0 Å². The minimum atomic E-state index is -0.124. The molecule has 3 rings (SSSR count). The summed E-state index contributed by atoms with van der Waals surface area (Å²) in [5.41, 5.74) is 10.2. The zero-order chi connectivity index (χ0) is 17.3. The number of amides is 1. The first-order valence-corrected chi connectivity index (χ1v) is 7.99. The minimum absolute atomic E-state index is 0. The average Bonchev–Trinajstić information content (AvgIpc) is 2.54. The summed E-state index contributed by atoms with van der Waals surface area (Å²) in [5, 5.41) is 4.71. The van der Waals surface area contributed by atoms with Crippen LogP contribution in [0.3, 0.4) is 0 Å². The summed E-state index contributed by atoms with van der Waals surface area (Å²) in [6, 6.07) is 11.5. The summed E-state index contributed by atoms with van der Waals surface area (Å²) in [5.74, 6) is -0.124. The summed E-state index contributed by atoms with van der Waals surface area (Å²) in [6.45, 7) is 3.39. The van der Waals surface area contributed by atoms with E-state index in [0.717, 1.165) is 28.4 Å². The third-order valence-corrected chi connectivity index (χ3v) is 4.17. The molecular formula is C19H24Cl2N4O. The molecule has 3 aromatic rings. The highest BCUT2D eigenvalue weighted by Crippen LogP contribution is 2.31. The average molecular weight is 395 g/mol. The highest BCUT2D eigenvalue weighted by molar-refractivity contribution is 6.14. The number of anilines is 1. The van der Waals surface area contributed by atoms with Gasteiger partial charge in [-0.2, -0.15) is 0 Å². The Morgan fingerprint density at radius 3 is 2.54 bits per heavy atom. The number of hydrogen-bond acceptors (Lipinski definition) is 4. The molecule has 26 heavy (non-hydrogen) atoms. The number of halogens is 2. The number of hydrogen-bond donors (Lipinski definition) is 2. The van der Waals surface area contributed by atoms with Crippen molar-refractivity contribution in [3.8, 4) is 0 Å². The maximum Gasteiger partial charge on any atom is 0.253 e. The van der Waals surface area contributed by atoms with Crippen LogP contribution in [0.1, 0.15) is 15.9 Å². The number of nitrogens with zero attached hydrogens (tertiary/aromatic N) is 2. The van der Waals surface area contributed by atoms with E-state index in [2.05, 4.69) is 5.32 Å². The number of carbonyl (C=O) groups excluding carboxylic acids is 1. The molecule has 0 aliphatic heterocycles. The first-order valence-electron chi connectivity index (χ1n) is 7.99. The Kier molecular flexibility index (Phi) is 7.63. The molecule has 1 heterocycles. The summed E-state index contributed by atoms with van der Waals surface area (Å²) >= 11 is 0. The van der Waals surface area contributed by atoms with Crippen molar-refractivity contribution in [2.24, 2.45) is 0 Å². The van der Waals surface area contributed by atoms with Gasteiger partial charge in [0.05, 0.1) is 22.3 Å². The second kappa shape index (κ2) is 9.03. The molecule has 0 fully saturated rings. The van der Waals surface area contributed by atoms with Crippen molar-refractivity contribution in [3.63, 3.8) is 0 Å². The predicted molar refractivity (Wildman–Crippen MR) is 114 cm³/mol. The van der Waals surface area contributed by atoms with E-state index in [-0.39, 0.29) is 30.7 Å². The van der Waals surface area contributed by atoms with Gasteiger partial charge in [-0.15, -0.1) is 24.8 Å². The Labute approximate surface area is 165 Å². The van der Waals surface area contributed by atoms with Crippen molar-refractivity contribution >= 4 is 58.2 Å². The molecule has 0 spiro atoms. The molecule has 0 aliphatic rings. The molecule has 0 aliphatic carbocycles. The first-order chi connectivity index (χ1) is 11.5. The third-order valence-electron chi connectivity index (χ3n) is 4.17. The number of fused-ring (bicyclic) bond motifs is 2. The molecule has 2 aromatic carbocycles. The molecule has 0 saturated carbocycles. The van der Waals surface area contributed by atoms with Crippen LogP contribution in [0.5, 0.6) is 0 Å². The van der Waals surface area contributed by atoms with Gasteiger partial charge < -0.3 is 16.0 Å². The second-order valence-electron chi connectivity index (χ2n) is 6.26. The van der Waals surface area contributed by atoms with Crippen LogP contribution >= 0.6 is 24.8 Å². The van der Waals surface area contributed by atoms with Gasteiger partial charge in [0.1, 0.15) is 0 Å². The van der Waals surface area contributed by atoms with Crippen LogP contribution in [0.25, 0.3) is 21.8 Å². The van der Waals surface area contributed by atoms with Crippen molar-refractivity contribution in [2.45, 2.75) is 6.92 Å². The molecule has 140 valence electrons. The van der Waals surface area contributed by atoms with Gasteiger partial charge in [-0.25, -0.2) is 4.98 Å². The first kappa shape index (κ1) is 22.0. The monoisotopic (exact) mass is 394 g/mol. The molecule has 0 atom stereocenters. The van der Waals surface area contributed by atoms with Crippen LogP contribution in [0.2, 0.25) is 0 Å². The van der Waals surface area contributed by atoms with Gasteiger partial charge in [-0.1, -0.05) is 24.3 Å². The van der Waals surface area contributed by atoms with E-state index in [9.17, 15) is 4.79 Å². The Morgan fingerprint density at radius 2 is 1.85 bits per heavy atom. The van der Waals surface area contributed by atoms with Crippen LogP contribution in [0.4, 0.5) is 5.69 Å². The fraction of sp³-hybridized carbons (Fsp3) is 0.263. The fourth-order valence-electron chi connectivity index (χ4n) is 2.90. The quantitative estimate of drug-likeness (QED) is 0.665. The van der Waals surface area contributed by atoms with Gasteiger partial charge in [-0.3, -0.25) is 4.79 Å². The number of likely N-dealkylation sites (N-methyl/N-ethyl adjacent to an activating group) is 1. The Morgan fingerprint density at radius 1 is 1.15 bits per heavy atom. The number of pyridine rings is 1. The van der Waals surface area contributed by atoms with Crippen LogP contribution in [0.15, 0.2) is 36.4 Å².